The van der Waals surface area contributed by atoms with Crippen molar-refractivity contribution in [3.8, 4) is 22.8 Å². The molecule has 1 aromatic heterocycles. The molecule has 0 spiro atoms. The van der Waals surface area contributed by atoms with Crippen LogP contribution in [-0.4, -0.2) is 36.5 Å². The monoisotopic (exact) mass is 419 g/mol. The normalized spacial score (nSPS) is 12.5. The van der Waals surface area contributed by atoms with E-state index in [-0.39, 0.29) is 11.5 Å². The molecule has 2 heterocycles. The quantitative estimate of drug-likeness (QED) is 0.588. The number of amides is 1. The maximum atomic E-state index is 12.7. The van der Waals surface area contributed by atoms with E-state index in [0.29, 0.717) is 43.1 Å². The van der Waals surface area contributed by atoms with E-state index in [1.807, 2.05) is 35.2 Å². The molecule has 160 valence electrons. The Morgan fingerprint density at radius 1 is 1.03 bits per heavy atom. The second-order valence-electron chi connectivity index (χ2n) is 7.38. The second-order valence-corrected chi connectivity index (χ2v) is 7.38. The Balaban J connectivity index is 1.44. The lowest BCUT2D eigenvalue weighted by Gasteiger charge is -2.17. The maximum absolute atomic E-state index is 12.7. The zero-order valence-electron chi connectivity index (χ0n) is 17.7. The predicted octanol–water partition coefficient (Wildman–Crippen LogP) is 3.30. The molecule has 0 saturated carbocycles. The Morgan fingerprint density at radius 2 is 1.84 bits per heavy atom. The van der Waals surface area contributed by atoms with Gasteiger partial charge in [0.1, 0.15) is 0 Å². The first-order valence-corrected chi connectivity index (χ1v) is 10.3. The molecular weight excluding hydrogens is 394 g/mol. The number of hydrogen-bond acceptors (Lipinski definition) is 5. The van der Waals surface area contributed by atoms with Gasteiger partial charge in [0.15, 0.2) is 11.5 Å². The number of carbonyl (C=O) groups excluding carboxylic acids is 1. The van der Waals surface area contributed by atoms with Crippen molar-refractivity contribution in [2.45, 2.75) is 25.8 Å². The molecule has 0 unspecified atom stereocenters. The highest BCUT2D eigenvalue weighted by Gasteiger charge is 2.23. The summed E-state index contributed by atoms with van der Waals surface area (Å²) in [5.74, 6) is 1.30. The van der Waals surface area contributed by atoms with Gasteiger partial charge >= 0.3 is 0 Å². The number of carbonyl (C=O) groups is 1. The predicted molar refractivity (Wildman–Crippen MR) is 119 cm³/mol. The van der Waals surface area contributed by atoms with Gasteiger partial charge in [0.2, 0.25) is 5.91 Å². The summed E-state index contributed by atoms with van der Waals surface area (Å²) >= 11 is 0. The average molecular weight is 419 g/mol. The number of methoxy groups -OCH3 is 2. The summed E-state index contributed by atoms with van der Waals surface area (Å²) < 4.78 is 12.0. The van der Waals surface area contributed by atoms with Gasteiger partial charge in [-0.15, -0.1) is 0 Å². The summed E-state index contributed by atoms with van der Waals surface area (Å²) in [7, 11) is 3.16. The number of hydrogen-bond donors (Lipinski definition) is 0. The average Bonchev–Trinajstić information content (AvgIpc) is 3.24. The Hall–Kier alpha value is -3.61. The van der Waals surface area contributed by atoms with Crippen LogP contribution < -0.4 is 19.9 Å². The summed E-state index contributed by atoms with van der Waals surface area (Å²) in [6, 6.07) is 16.7. The van der Waals surface area contributed by atoms with Crippen LogP contribution in [0.5, 0.6) is 11.5 Å². The number of nitrogens with zero attached hydrogens (tertiary/aromatic N) is 3. The van der Waals surface area contributed by atoms with E-state index < -0.39 is 0 Å². The van der Waals surface area contributed by atoms with Crippen LogP contribution in [-0.2, 0) is 17.8 Å². The minimum absolute atomic E-state index is 0.0778. The van der Waals surface area contributed by atoms with Crippen molar-refractivity contribution in [3.05, 3.63) is 70.5 Å². The van der Waals surface area contributed by atoms with Gasteiger partial charge in [-0.2, -0.15) is 5.10 Å². The summed E-state index contributed by atoms with van der Waals surface area (Å²) in [5.41, 5.74) is 3.48. The van der Waals surface area contributed by atoms with E-state index in [1.165, 1.54) is 16.3 Å². The molecular formula is C24H25N3O4. The lowest BCUT2D eigenvalue weighted by molar-refractivity contribution is -0.118. The summed E-state index contributed by atoms with van der Waals surface area (Å²) in [5, 5.41) is 4.49. The SMILES string of the molecule is COc1ccc(-c2ccc(=O)n(CCCC(=O)N3CCc4ccccc43)n2)cc1OC. The van der Waals surface area contributed by atoms with Crippen molar-refractivity contribution in [1.82, 2.24) is 9.78 Å². The Labute approximate surface area is 180 Å². The Kier molecular flexibility index (Phi) is 6.02. The highest BCUT2D eigenvalue weighted by molar-refractivity contribution is 5.95. The van der Waals surface area contributed by atoms with Gasteiger partial charge in [-0.25, -0.2) is 4.68 Å². The van der Waals surface area contributed by atoms with Gasteiger partial charge in [-0.3, -0.25) is 9.59 Å². The fourth-order valence-corrected chi connectivity index (χ4v) is 3.87. The highest BCUT2D eigenvalue weighted by Crippen LogP contribution is 2.31. The molecule has 0 bridgehead atoms. The first-order valence-electron chi connectivity index (χ1n) is 10.3. The number of fused-ring (bicyclic) bond motifs is 1. The van der Waals surface area contributed by atoms with Crippen molar-refractivity contribution in [2.24, 2.45) is 0 Å². The Bertz CT molecular complexity index is 1160. The van der Waals surface area contributed by atoms with Crippen LogP contribution in [0.4, 0.5) is 5.69 Å². The number of rotatable bonds is 7. The first-order chi connectivity index (χ1) is 15.1. The number of benzene rings is 2. The molecule has 7 nitrogen and oxygen atoms in total. The van der Waals surface area contributed by atoms with E-state index in [1.54, 1.807) is 26.4 Å². The van der Waals surface area contributed by atoms with Crippen molar-refractivity contribution in [3.63, 3.8) is 0 Å². The third-order valence-electron chi connectivity index (χ3n) is 5.49. The minimum atomic E-state index is -0.191. The van der Waals surface area contributed by atoms with Crippen LogP contribution in [0.25, 0.3) is 11.3 Å². The molecule has 0 N–H and O–H groups in total. The molecule has 3 aromatic rings. The topological polar surface area (TPSA) is 73.7 Å². The fourth-order valence-electron chi connectivity index (χ4n) is 3.87. The van der Waals surface area contributed by atoms with Crippen molar-refractivity contribution in [2.75, 3.05) is 25.7 Å². The van der Waals surface area contributed by atoms with Gasteiger partial charge < -0.3 is 14.4 Å². The molecule has 1 aliphatic heterocycles. The largest absolute Gasteiger partial charge is 0.493 e. The number of ether oxygens (including phenoxy) is 2. The maximum Gasteiger partial charge on any atom is 0.266 e. The standard InChI is InChI=1S/C24H25N3O4/c1-30-21-11-9-18(16-22(21)31-2)19-10-12-24(29)27(25-19)14-5-8-23(28)26-15-13-17-6-3-4-7-20(17)26/h3-4,6-7,9-12,16H,5,8,13-15H2,1-2H3. The third kappa shape index (κ3) is 4.30. The Morgan fingerprint density at radius 3 is 2.65 bits per heavy atom. The molecule has 4 rings (SSSR count). The summed E-state index contributed by atoms with van der Waals surface area (Å²) in [6.45, 7) is 1.09. The van der Waals surface area contributed by atoms with Gasteiger partial charge in [-0.1, -0.05) is 18.2 Å². The van der Waals surface area contributed by atoms with Crippen LogP contribution >= 0.6 is 0 Å². The fraction of sp³-hybridized carbons (Fsp3) is 0.292. The van der Waals surface area contributed by atoms with E-state index >= 15 is 0 Å². The lowest BCUT2D eigenvalue weighted by atomic mass is 10.1. The van der Waals surface area contributed by atoms with Gasteiger partial charge in [0, 0.05) is 36.8 Å². The highest BCUT2D eigenvalue weighted by atomic mass is 16.5. The molecule has 0 fully saturated rings. The van der Waals surface area contributed by atoms with Gasteiger partial charge in [-0.05, 0) is 48.7 Å². The van der Waals surface area contributed by atoms with Crippen LogP contribution in [0.3, 0.4) is 0 Å². The van der Waals surface area contributed by atoms with Gasteiger partial charge in [0.05, 0.1) is 19.9 Å². The van der Waals surface area contributed by atoms with Gasteiger partial charge in [0.25, 0.3) is 5.56 Å². The number of anilines is 1. The second kappa shape index (κ2) is 9.04. The molecule has 0 radical (unpaired) electrons. The van der Waals surface area contributed by atoms with E-state index in [4.69, 9.17) is 9.47 Å². The smallest absolute Gasteiger partial charge is 0.266 e. The number of aromatic nitrogens is 2. The zero-order chi connectivity index (χ0) is 21.8. The van der Waals surface area contributed by atoms with E-state index in [9.17, 15) is 9.59 Å². The molecule has 7 heteroatoms. The first kappa shape index (κ1) is 20.7. The van der Waals surface area contributed by atoms with Crippen LogP contribution in [0.2, 0.25) is 0 Å². The van der Waals surface area contributed by atoms with Crippen LogP contribution in [0.1, 0.15) is 18.4 Å². The van der Waals surface area contributed by atoms with E-state index in [0.717, 1.165) is 17.7 Å². The zero-order valence-corrected chi connectivity index (χ0v) is 17.7. The van der Waals surface area contributed by atoms with Crippen molar-refractivity contribution < 1.29 is 14.3 Å². The van der Waals surface area contributed by atoms with Crippen LogP contribution in [0.15, 0.2) is 59.4 Å². The molecule has 0 aliphatic carbocycles. The molecule has 0 atom stereocenters. The van der Waals surface area contributed by atoms with Crippen molar-refractivity contribution in [1.29, 1.82) is 0 Å². The number of aryl methyl sites for hydroxylation is 1. The van der Waals surface area contributed by atoms with E-state index in [2.05, 4.69) is 11.2 Å². The molecule has 1 amide bonds. The summed E-state index contributed by atoms with van der Waals surface area (Å²) in [4.78, 5) is 26.8. The van der Waals surface area contributed by atoms with Crippen molar-refractivity contribution >= 4 is 11.6 Å². The molecule has 2 aromatic carbocycles. The molecule has 31 heavy (non-hydrogen) atoms. The minimum Gasteiger partial charge on any atom is -0.493 e. The number of para-hydroxylation sites is 1. The third-order valence-corrected chi connectivity index (χ3v) is 5.49. The summed E-state index contributed by atoms with van der Waals surface area (Å²) in [6.07, 6.45) is 1.79. The van der Waals surface area contributed by atoms with Crippen LogP contribution in [0, 0.1) is 0 Å². The molecule has 1 aliphatic rings. The molecule has 0 saturated heterocycles. The lowest BCUT2D eigenvalue weighted by Crippen LogP contribution is -2.29.